The van der Waals surface area contributed by atoms with Crippen molar-refractivity contribution >= 4 is 5.96 Å². The van der Waals surface area contributed by atoms with Crippen molar-refractivity contribution in [2.45, 2.75) is 52.1 Å². The fourth-order valence-electron chi connectivity index (χ4n) is 3.51. The minimum Gasteiger partial charge on any atom is -0.497 e. The molecule has 0 bridgehead atoms. The standard InChI is InChI=1S/C21H32N6O2/c1-4-22-21(24-15-16-9-10-17(28-2)14-18(16)29-3)23-12-11-20-26-25-19-8-6-5-7-13-27(19)20/h9-10,14H,4-8,11-13,15H2,1-3H3,(H2,22,23,24). The van der Waals surface area contributed by atoms with E-state index in [4.69, 9.17) is 14.5 Å². The number of nitrogens with one attached hydrogen (secondary N) is 2. The minimum absolute atomic E-state index is 0.517. The molecule has 1 aromatic heterocycles. The van der Waals surface area contributed by atoms with Crippen LogP contribution in [-0.2, 0) is 25.9 Å². The lowest BCUT2D eigenvalue weighted by molar-refractivity contribution is 0.391. The van der Waals surface area contributed by atoms with Gasteiger partial charge in [0.05, 0.1) is 20.8 Å². The third-order valence-electron chi connectivity index (χ3n) is 5.07. The van der Waals surface area contributed by atoms with E-state index in [2.05, 4.69) is 32.3 Å². The summed E-state index contributed by atoms with van der Waals surface area (Å²) >= 11 is 0. The topological polar surface area (TPSA) is 85.6 Å². The van der Waals surface area contributed by atoms with Crippen LogP contribution in [0.15, 0.2) is 23.2 Å². The first-order valence-corrected chi connectivity index (χ1v) is 10.4. The van der Waals surface area contributed by atoms with Crippen LogP contribution in [0.25, 0.3) is 0 Å². The summed E-state index contributed by atoms with van der Waals surface area (Å²) in [6, 6.07) is 5.78. The van der Waals surface area contributed by atoms with Crippen LogP contribution in [0.3, 0.4) is 0 Å². The van der Waals surface area contributed by atoms with Crippen molar-refractivity contribution in [2.24, 2.45) is 4.99 Å². The molecule has 2 heterocycles. The molecule has 0 amide bonds. The summed E-state index contributed by atoms with van der Waals surface area (Å²) in [5.41, 5.74) is 1.01. The Kier molecular flexibility index (Phi) is 7.72. The van der Waals surface area contributed by atoms with Gasteiger partial charge in [0, 0.05) is 44.1 Å². The Balaban J connectivity index is 1.60. The first kappa shape index (κ1) is 21.0. The second-order valence-corrected chi connectivity index (χ2v) is 7.04. The Labute approximate surface area is 172 Å². The Hall–Kier alpha value is -2.77. The molecule has 29 heavy (non-hydrogen) atoms. The number of fused-ring (bicyclic) bond motifs is 1. The maximum atomic E-state index is 5.47. The van der Waals surface area contributed by atoms with E-state index >= 15 is 0 Å². The molecule has 1 aromatic carbocycles. The van der Waals surface area contributed by atoms with Crippen LogP contribution in [0, 0.1) is 0 Å². The number of hydrogen-bond donors (Lipinski definition) is 2. The second-order valence-electron chi connectivity index (χ2n) is 7.04. The number of benzene rings is 1. The highest BCUT2D eigenvalue weighted by Gasteiger charge is 2.14. The number of aromatic nitrogens is 3. The van der Waals surface area contributed by atoms with E-state index in [0.29, 0.717) is 6.54 Å². The van der Waals surface area contributed by atoms with E-state index in [-0.39, 0.29) is 0 Å². The van der Waals surface area contributed by atoms with Gasteiger partial charge in [-0.15, -0.1) is 10.2 Å². The molecular weight excluding hydrogens is 368 g/mol. The van der Waals surface area contributed by atoms with Crippen molar-refractivity contribution in [3.63, 3.8) is 0 Å². The van der Waals surface area contributed by atoms with Gasteiger partial charge in [-0.1, -0.05) is 6.42 Å². The summed E-state index contributed by atoms with van der Waals surface area (Å²) in [7, 11) is 3.31. The highest BCUT2D eigenvalue weighted by Crippen LogP contribution is 2.25. The van der Waals surface area contributed by atoms with Crippen molar-refractivity contribution in [1.82, 2.24) is 25.4 Å². The molecule has 0 spiro atoms. The van der Waals surface area contributed by atoms with Crippen molar-refractivity contribution in [3.05, 3.63) is 35.4 Å². The largest absolute Gasteiger partial charge is 0.497 e. The van der Waals surface area contributed by atoms with Gasteiger partial charge >= 0.3 is 0 Å². The zero-order valence-electron chi connectivity index (χ0n) is 17.7. The van der Waals surface area contributed by atoms with E-state index in [9.17, 15) is 0 Å². The number of ether oxygens (including phenoxy) is 2. The highest BCUT2D eigenvalue weighted by atomic mass is 16.5. The number of methoxy groups -OCH3 is 2. The van der Waals surface area contributed by atoms with Crippen LogP contribution < -0.4 is 20.1 Å². The molecule has 2 aromatic rings. The molecule has 0 atom stereocenters. The van der Waals surface area contributed by atoms with Gasteiger partial charge in [-0.3, -0.25) is 0 Å². The molecule has 8 heteroatoms. The fraction of sp³-hybridized carbons (Fsp3) is 0.571. The molecule has 1 aliphatic rings. The maximum absolute atomic E-state index is 5.47. The van der Waals surface area contributed by atoms with Gasteiger partial charge in [-0.2, -0.15) is 0 Å². The van der Waals surface area contributed by atoms with E-state index < -0.39 is 0 Å². The predicted molar refractivity (Wildman–Crippen MR) is 114 cm³/mol. The molecular formula is C21H32N6O2. The number of rotatable bonds is 8. The van der Waals surface area contributed by atoms with Crippen molar-refractivity contribution in [1.29, 1.82) is 0 Å². The Bertz CT molecular complexity index is 817. The molecule has 3 rings (SSSR count). The summed E-state index contributed by atoms with van der Waals surface area (Å²) < 4.78 is 13.0. The summed E-state index contributed by atoms with van der Waals surface area (Å²) in [5.74, 6) is 4.51. The number of hydrogen-bond acceptors (Lipinski definition) is 5. The van der Waals surface area contributed by atoms with Gasteiger partial charge in [0.2, 0.25) is 0 Å². The summed E-state index contributed by atoms with van der Waals surface area (Å²) in [4.78, 5) is 4.70. The van der Waals surface area contributed by atoms with Gasteiger partial charge in [0.1, 0.15) is 23.1 Å². The van der Waals surface area contributed by atoms with Crippen molar-refractivity contribution in [3.8, 4) is 11.5 Å². The molecule has 0 unspecified atom stereocenters. The lowest BCUT2D eigenvalue weighted by Crippen LogP contribution is -2.38. The summed E-state index contributed by atoms with van der Waals surface area (Å²) in [6.45, 7) is 5.16. The minimum atomic E-state index is 0.517. The van der Waals surface area contributed by atoms with Gasteiger partial charge in [0.15, 0.2) is 5.96 Å². The molecule has 0 aliphatic carbocycles. The van der Waals surface area contributed by atoms with E-state index in [1.807, 2.05) is 18.2 Å². The lowest BCUT2D eigenvalue weighted by atomic mass is 10.2. The van der Waals surface area contributed by atoms with Crippen molar-refractivity contribution < 1.29 is 9.47 Å². The average Bonchev–Trinajstić information content (AvgIpc) is 2.97. The third-order valence-corrected chi connectivity index (χ3v) is 5.07. The monoisotopic (exact) mass is 400 g/mol. The van der Waals surface area contributed by atoms with Crippen LogP contribution in [0.4, 0.5) is 0 Å². The summed E-state index contributed by atoms with van der Waals surface area (Å²) in [6.07, 6.45) is 5.55. The third kappa shape index (κ3) is 5.62. The van der Waals surface area contributed by atoms with Crippen LogP contribution in [0.1, 0.15) is 43.4 Å². The molecule has 0 saturated carbocycles. The smallest absolute Gasteiger partial charge is 0.191 e. The van der Waals surface area contributed by atoms with Gasteiger partial charge < -0.3 is 24.7 Å². The number of aryl methyl sites for hydroxylation is 1. The SMILES string of the molecule is CCNC(=NCc1ccc(OC)cc1OC)NCCc1nnc2n1CCCCC2. The molecule has 0 saturated heterocycles. The number of nitrogens with zero attached hydrogens (tertiary/aromatic N) is 4. The van der Waals surface area contributed by atoms with Gasteiger partial charge in [-0.25, -0.2) is 4.99 Å². The van der Waals surface area contributed by atoms with E-state index in [0.717, 1.165) is 67.1 Å². The van der Waals surface area contributed by atoms with Crippen LogP contribution >= 0.6 is 0 Å². The van der Waals surface area contributed by atoms with Gasteiger partial charge in [-0.05, 0) is 31.9 Å². The highest BCUT2D eigenvalue weighted by molar-refractivity contribution is 5.79. The molecule has 0 fully saturated rings. The molecule has 8 nitrogen and oxygen atoms in total. The van der Waals surface area contributed by atoms with Crippen molar-refractivity contribution in [2.75, 3.05) is 27.3 Å². The zero-order valence-corrected chi connectivity index (χ0v) is 17.7. The molecule has 0 radical (unpaired) electrons. The van der Waals surface area contributed by atoms with E-state index in [1.165, 1.54) is 19.3 Å². The summed E-state index contributed by atoms with van der Waals surface area (Å²) in [5, 5.41) is 15.5. The lowest BCUT2D eigenvalue weighted by Gasteiger charge is -2.13. The zero-order chi connectivity index (χ0) is 20.5. The maximum Gasteiger partial charge on any atom is 0.191 e. The van der Waals surface area contributed by atoms with Crippen LogP contribution in [0.2, 0.25) is 0 Å². The quantitative estimate of drug-likeness (QED) is 0.522. The van der Waals surface area contributed by atoms with Gasteiger partial charge in [0.25, 0.3) is 0 Å². The molecule has 2 N–H and O–H groups in total. The molecule has 158 valence electrons. The second kappa shape index (κ2) is 10.7. The number of guanidine groups is 1. The Morgan fingerprint density at radius 3 is 2.83 bits per heavy atom. The Morgan fingerprint density at radius 1 is 1.14 bits per heavy atom. The first-order chi connectivity index (χ1) is 14.2. The fourth-order valence-corrected chi connectivity index (χ4v) is 3.51. The van der Waals surface area contributed by atoms with E-state index in [1.54, 1.807) is 14.2 Å². The first-order valence-electron chi connectivity index (χ1n) is 10.4. The Morgan fingerprint density at radius 2 is 2.03 bits per heavy atom. The normalized spacial score (nSPS) is 14.1. The predicted octanol–water partition coefficient (Wildman–Crippen LogP) is 2.32. The van der Waals surface area contributed by atoms with Crippen LogP contribution in [0.5, 0.6) is 11.5 Å². The van der Waals surface area contributed by atoms with Crippen LogP contribution in [-0.4, -0.2) is 48.0 Å². The average molecular weight is 401 g/mol. The number of aliphatic imine (C=N–C) groups is 1. The molecule has 1 aliphatic heterocycles.